The molecule has 5 nitrogen and oxygen atoms in total. The SMILES string of the molecule is CC(C)(C)[Si](C)(C)O[C@H]1C[C@H]2OC[C@@]2(O[Si](C)(C)C)[C@H]2CC(=O)[C@H](O)C[C@]12C. The van der Waals surface area contributed by atoms with E-state index in [0.29, 0.717) is 19.4 Å². The van der Waals surface area contributed by atoms with Crippen LogP contribution in [0.1, 0.15) is 47.0 Å². The molecule has 28 heavy (non-hydrogen) atoms. The van der Waals surface area contributed by atoms with Crippen LogP contribution in [0.25, 0.3) is 0 Å². The predicted molar refractivity (Wildman–Crippen MR) is 115 cm³/mol. The summed E-state index contributed by atoms with van der Waals surface area (Å²) in [5.41, 5.74) is -0.689. The van der Waals surface area contributed by atoms with Crippen molar-refractivity contribution in [1.82, 2.24) is 0 Å². The molecule has 6 atom stereocenters. The zero-order valence-corrected chi connectivity index (χ0v) is 21.2. The Labute approximate surface area is 172 Å². The summed E-state index contributed by atoms with van der Waals surface area (Å²) in [4.78, 5) is 12.6. The summed E-state index contributed by atoms with van der Waals surface area (Å²) in [7, 11) is -3.85. The second kappa shape index (κ2) is 6.72. The number of fused-ring (bicyclic) bond motifs is 3. The van der Waals surface area contributed by atoms with Crippen LogP contribution in [0, 0.1) is 11.3 Å². The molecule has 0 aromatic carbocycles. The number of hydrogen-bond donors (Lipinski definition) is 1. The molecular weight excluding hydrogens is 388 g/mol. The summed E-state index contributed by atoms with van der Waals surface area (Å²) in [5, 5.41) is 10.6. The van der Waals surface area contributed by atoms with Crippen molar-refractivity contribution < 1.29 is 23.5 Å². The molecule has 3 aliphatic rings. The molecule has 0 radical (unpaired) electrons. The Morgan fingerprint density at radius 1 is 1.18 bits per heavy atom. The lowest BCUT2D eigenvalue weighted by Gasteiger charge is -2.67. The van der Waals surface area contributed by atoms with E-state index in [1.54, 1.807) is 0 Å². The molecule has 1 saturated heterocycles. The summed E-state index contributed by atoms with van der Waals surface area (Å²) >= 11 is 0. The molecule has 0 unspecified atom stereocenters. The van der Waals surface area contributed by atoms with Gasteiger partial charge in [0.05, 0.1) is 18.8 Å². The van der Waals surface area contributed by atoms with E-state index < -0.39 is 28.3 Å². The molecule has 0 aromatic rings. The van der Waals surface area contributed by atoms with Crippen LogP contribution >= 0.6 is 0 Å². The highest BCUT2D eigenvalue weighted by Crippen LogP contribution is 2.61. The van der Waals surface area contributed by atoms with Crippen LogP contribution in [0.15, 0.2) is 0 Å². The van der Waals surface area contributed by atoms with Crippen LogP contribution in [0.4, 0.5) is 0 Å². The Balaban J connectivity index is 1.99. The van der Waals surface area contributed by atoms with Gasteiger partial charge in [0.25, 0.3) is 0 Å². The Bertz CT molecular complexity index is 638. The number of carbonyl (C=O) groups excluding carboxylic acids is 1. The summed E-state index contributed by atoms with van der Waals surface area (Å²) in [6.45, 7) is 20.7. The van der Waals surface area contributed by atoms with E-state index in [1.165, 1.54) is 0 Å². The van der Waals surface area contributed by atoms with Gasteiger partial charge in [-0.3, -0.25) is 4.79 Å². The van der Waals surface area contributed by atoms with Gasteiger partial charge in [-0.05, 0) is 44.2 Å². The van der Waals surface area contributed by atoms with Gasteiger partial charge in [0, 0.05) is 24.2 Å². The maximum Gasteiger partial charge on any atom is 0.192 e. The standard InChI is InChI=1S/C21H40O5Si2/c1-19(2,3)28(8,9)25-17-11-18-21(13-24-18,26-27(5,6)7)16-10-14(22)15(23)12-20(16,17)4/h15-18,23H,10-13H2,1-9H3/t15-,16+,17+,18-,20+,21-/m1/s1. The second-order valence-electron chi connectivity index (χ2n) is 12.0. The van der Waals surface area contributed by atoms with Gasteiger partial charge in [-0.15, -0.1) is 0 Å². The first-order valence-electron chi connectivity index (χ1n) is 10.7. The van der Waals surface area contributed by atoms with E-state index in [-0.39, 0.29) is 34.4 Å². The zero-order chi connectivity index (χ0) is 21.3. The fourth-order valence-corrected chi connectivity index (χ4v) is 8.11. The molecule has 2 aliphatic carbocycles. The first-order chi connectivity index (χ1) is 12.5. The van der Waals surface area contributed by atoms with Crippen LogP contribution in [0.5, 0.6) is 0 Å². The third-order valence-electron chi connectivity index (χ3n) is 7.75. The Morgan fingerprint density at radius 2 is 1.79 bits per heavy atom. The van der Waals surface area contributed by atoms with E-state index in [0.717, 1.165) is 6.42 Å². The molecule has 3 rings (SSSR count). The van der Waals surface area contributed by atoms with Crippen molar-refractivity contribution >= 4 is 22.4 Å². The van der Waals surface area contributed by atoms with Crippen molar-refractivity contribution in [1.29, 1.82) is 0 Å². The van der Waals surface area contributed by atoms with Gasteiger partial charge in [0.1, 0.15) is 11.7 Å². The highest BCUT2D eigenvalue weighted by Gasteiger charge is 2.69. The number of ether oxygens (including phenoxy) is 1. The average Bonchev–Trinajstić information content (AvgIpc) is 2.48. The monoisotopic (exact) mass is 428 g/mol. The number of aliphatic hydroxyl groups is 1. The van der Waals surface area contributed by atoms with Crippen LogP contribution < -0.4 is 0 Å². The molecular formula is C21H40O5Si2. The number of ketones is 1. The maximum atomic E-state index is 12.6. The van der Waals surface area contributed by atoms with Gasteiger partial charge in [-0.1, -0.05) is 27.7 Å². The normalized spacial score (nSPS) is 41.9. The molecule has 0 spiro atoms. The molecule has 0 aromatic heterocycles. The van der Waals surface area contributed by atoms with E-state index in [9.17, 15) is 9.90 Å². The number of carbonyl (C=O) groups is 1. The molecule has 162 valence electrons. The molecule has 0 bridgehead atoms. The molecule has 1 heterocycles. The van der Waals surface area contributed by atoms with Crippen molar-refractivity contribution in [3.63, 3.8) is 0 Å². The van der Waals surface area contributed by atoms with Gasteiger partial charge < -0.3 is 18.7 Å². The van der Waals surface area contributed by atoms with Crippen molar-refractivity contribution in [2.75, 3.05) is 6.61 Å². The second-order valence-corrected chi connectivity index (χ2v) is 21.2. The van der Waals surface area contributed by atoms with Gasteiger partial charge in [0.15, 0.2) is 22.4 Å². The van der Waals surface area contributed by atoms with E-state index in [4.69, 9.17) is 13.6 Å². The lowest BCUT2D eigenvalue weighted by Crippen LogP contribution is -2.77. The zero-order valence-electron chi connectivity index (χ0n) is 19.2. The summed E-state index contributed by atoms with van der Waals surface area (Å²) in [6, 6.07) is 0. The highest BCUT2D eigenvalue weighted by atomic mass is 28.4. The largest absolute Gasteiger partial charge is 0.413 e. The van der Waals surface area contributed by atoms with Crippen LogP contribution in [0.3, 0.4) is 0 Å². The van der Waals surface area contributed by atoms with E-state index in [2.05, 4.69) is 60.4 Å². The van der Waals surface area contributed by atoms with Gasteiger partial charge in [0.2, 0.25) is 0 Å². The lowest BCUT2D eigenvalue weighted by molar-refractivity contribution is -0.314. The molecule has 1 N–H and O–H groups in total. The highest BCUT2D eigenvalue weighted by molar-refractivity contribution is 6.74. The van der Waals surface area contributed by atoms with Crippen LogP contribution in [-0.4, -0.2) is 58.0 Å². The smallest absolute Gasteiger partial charge is 0.192 e. The van der Waals surface area contributed by atoms with Crippen molar-refractivity contribution in [2.45, 2.75) is 109 Å². The van der Waals surface area contributed by atoms with E-state index >= 15 is 0 Å². The molecule has 1 aliphatic heterocycles. The first kappa shape index (κ1) is 22.6. The lowest BCUT2D eigenvalue weighted by atomic mass is 9.51. The van der Waals surface area contributed by atoms with Crippen LogP contribution in [0.2, 0.25) is 37.8 Å². The Morgan fingerprint density at radius 3 is 2.25 bits per heavy atom. The van der Waals surface area contributed by atoms with Crippen molar-refractivity contribution in [3.05, 3.63) is 0 Å². The molecule has 2 saturated carbocycles. The van der Waals surface area contributed by atoms with Gasteiger partial charge in [-0.25, -0.2) is 0 Å². The van der Waals surface area contributed by atoms with Gasteiger partial charge >= 0.3 is 0 Å². The number of aliphatic hydroxyl groups excluding tert-OH is 1. The molecule has 0 amide bonds. The summed E-state index contributed by atoms with van der Waals surface area (Å²) in [5.74, 6) is -0.0236. The summed E-state index contributed by atoms with van der Waals surface area (Å²) < 4.78 is 19.7. The maximum absolute atomic E-state index is 12.6. The average molecular weight is 429 g/mol. The first-order valence-corrected chi connectivity index (χ1v) is 17.0. The summed E-state index contributed by atoms with van der Waals surface area (Å²) in [6.07, 6.45) is 0.664. The predicted octanol–water partition coefficient (Wildman–Crippen LogP) is 4.12. The number of Topliss-reactive ketones (excluding diaryl/α,β-unsaturated/α-hetero) is 1. The quantitative estimate of drug-likeness (QED) is 0.683. The molecule has 3 fully saturated rings. The minimum atomic E-state index is -2.01. The number of rotatable bonds is 4. The minimum Gasteiger partial charge on any atom is -0.413 e. The Hall–Kier alpha value is -0.0562. The van der Waals surface area contributed by atoms with E-state index in [1.807, 2.05) is 0 Å². The third-order valence-corrected chi connectivity index (χ3v) is 13.2. The van der Waals surface area contributed by atoms with Crippen molar-refractivity contribution in [3.8, 4) is 0 Å². The third kappa shape index (κ3) is 3.60. The number of hydrogen-bond acceptors (Lipinski definition) is 5. The minimum absolute atomic E-state index is 0.0184. The van der Waals surface area contributed by atoms with Crippen LogP contribution in [-0.2, 0) is 18.4 Å². The molecule has 7 heteroatoms. The fraction of sp³-hybridized carbons (Fsp3) is 0.952. The van der Waals surface area contributed by atoms with Gasteiger partial charge in [-0.2, -0.15) is 0 Å². The van der Waals surface area contributed by atoms with Crippen molar-refractivity contribution in [2.24, 2.45) is 11.3 Å². The fourth-order valence-electron chi connectivity index (χ4n) is 5.20. The topological polar surface area (TPSA) is 65.0 Å². The Kier molecular flexibility index (Phi) is 5.43.